The predicted octanol–water partition coefficient (Wildman–Crippen LogP) is 3.94. The lowest BCUT2D eigenvalue weighted by molar-refractivity contribution is -0.139. The summed E-state index contributed by atoms with van der Waals surface area (Å²) in [4.78, 5) is 17.2. The van der Waals surface area contributed by atoms with Gasteiger partial charge >= 0.3 is 18.0 Å². The third kappa shape index (κ3) is 4.81. The molecule has 32 heavy (non-hydrogen) atoms. The Bertz CT molecular complexity index is 1210. The van der Waals surface area contributed by atoms with Gasteiger partial charge in [-0.3, -0.25) is 0 Å². The van der Waals surface area contributed by atoms with Gasteiger partial charge in [0.1, 0.15) is 6.61 Å². The zero-order chi connectivity index (χ0) is 23.7. The van der Waals surface area contributed by atoms with Crippen molar-refractivity contribution in [2.75, 3.05) is 0 Å². The number of hydrogen-bond donors (Lipinski definition) is 0. The summed E-state index contributed by atoms with van der Waals surface area (Å²) in [5.74, 6) is 0. The lowest BCUT2D eigenvalue weighted by atomic mass is 10.1. The molecule has 13 heteroatoms. The number of aromatic nitrogens is 4. The van der Waals surface area contributed by atoms with Crippen molar-refractivity contribution in [1.29, 1.82) is 0 Å². The van der Waals surface area contributed by atoms with Crippen LogP contribution in [-0.4, -0.2) is 25.5 Å². The molecule has 7 nitrogen and oxygen atoms in total. The molecule has 1 heterocycles. The molecule has 0 bridgehead atoms. The normalized spacial score (nSPS) is 12.8. The SMILES string of the molecule is CC(=NOCc1c(-n2nnn(C)c2=O)cccc1C(F)(F)F)c1cccc(C(F)(F)F)c1. The van der Waals surface area contributed by atoms with Crippen LogP contribution in [-0.2, 0) is 30.8 Å². The molecule has 0 aliphatic heterocycles. The second-order valence-corrected chi connectivity index (χ2v) is 6.63. The summed E-state index contributed by atoms with van der Waals surface area (Å²) in [7, 11) is 1.28. The predicted molar refractivity (Wildman–Crippen MR) is 100 cm³/mol. The van der Waals surface area contributed by atoms with Crippen molar-refractivity contribution in [3.63, 3.8) is 0 Å². The van der Waals surface area contributed by atoms with E-state index in [0.29, 0.717) is 4.68 Å². The first-order valence-corrected chi connectivity index (χ1v) is 8.92. The molecule has 0 unspecified atom stereocenters. The fourth-order valence-electron chi connectivity index (χ4n) is 2.82. The van der Waals surface area contributed by atoms with Crippen LogP contribution in [0.25, 0.3) is 5.69 Å². The van der Waals surface area contributed by atoms with Crippen LogP contribution in [0.2, 0.25) is 0 Å². The molecular formula is C19H15F6N5O2. The van der Waals surface area contributed by atoms with Crippen LogP contribution >= 0.6 is 0 Å². The maximum Gasteiger partial charge on any atom is 0.416 e. The van der Waals surface area contributed by atoms with Gasteiger partial charge in [-0.05, 0) is 47.2 Å². The van der Waals surface area contributed by atoms with E-state index in [4.69, 9.17) is 4.84 Å². The molecule has 0 fully saturated rings. The zero-order valence-corrected chi connectivity index (χ0v) is 16.6. The maximum absolute atomic E-state index is 13.5. The van der Waals surface area contributed by atoms with E-state index in [2.05, 4.69) is 15.6 Å². The van der Waals surface area contributed by atoms with Gasteiger partial charge in [-0.25, -0.2) is 4.79 Å². The monoisotopic (exact) mass is 459 g/mol. The Balaban J connectivity index is 1.95. The van der Waals surface area contributed by atoms with Crippen molar-refractivity contribution in [2.24, 2.45) is 12.2 Å². The number of oxime groups is 1. The molecule has 0 N–H and O–H groups in total. The molecule has 0 amide bonds. The first kappa shape index (κ1) is 23.0. The lowest BCUT2D eigenvalue weighted by Crippen LogP contribution is -2.24. The molecule has 3 aromatic rings. The molecule has 170 valence electrons. The number of aryl methyl sites for hydroxylation is 1. The largest absolute Gasteiger partial charge is 0.416 e. The average molecular weight is 459 g/mol. The molecular weight excluding hydrogens is 444 g/mol. The van der Waals surface area contributed by atoms with E-state index in [-0.39, 0.29) is 17.0 Å². The first-order chi connectivity index (χ1) is 14.9. The van der Waals surface area contributed by atoms with Crippen LogP contribution in [0.3, 0.4) is 0 Å². The molecule has 1 aromatic heterocycles. The summed E-state index contributed by atoms with van der Waals surface area (Å²) in [6, 6.07) is 7.37. The van der Waals surface area contributed by atoms with E-state index in [1.54, 1.807) is 0 Å². The van der Waals surface area contributed by atoms with Crippen molar-refractivity contribution in [3.05, 3.63) is 75.2 Å². The minimum atomic E-state index is -4.78. The van der Waals surface area contributed by atoms with Crippen LogP contribution in [0.4, 0.5) is 26.3 Å². The Hall–Kier alpha value is -3.64. The van der Waals surface area contributed by atoms with Gasteiger partial charge in [0.05, 0.1) is 22.5 Å². The van der Waals surface area contributed by atoms with Crippen LogP contribution in [0.15, 0.2) is 52.4 Å². The van der Waals surface area contributed by atoms with Gasteiger partial charge in [0, 0.05) is 12.6 Å². The summed E-state index contributed by atoms with van der Waals surface area (Å²) in [6.07, 6.45) is -9.35. The summed E-state index contributed by atoms with van der Waals surface area (Å²) in [6.45, 7) is 0.615. The second-order valence-electron chi connectivity index (χ2n) is 6.63. The van der Waals surface area contributed by atoms with Gasteiger partial charge in [-0.2, -0.15) is 35.7 Å². The molecule has 0 saturated carbocycles. The van der Waals surface area contributed by atoms with E-state index >= 15 is 0 Å². The second kappa shape index (κ2) is 8.48. The van der Waals surface area contributed by atoms with E-state index in [1.165, 1.54) is 32.2 Å². The third-order valence-corrected chi connectivity index (χ3v) is 4.42. The Kier molecular flexibility index (Phi) is 6.10. The molecule has 3 rings (SSSR count). The molecule has 0 radical (unpaired) electrons. The molecule has 0 spiro atoms. The van der Waals surface area contributed by atoms with Crippen molar-refractivity contribution in [1.82, 2.24) is 19.8 Å². The molecule has 2 aromatic carbocycles. The van der Waals surface area contributed by atoms with Gasteiger partial charge in [-0.15, -0.1) is 0 Å². The number of nitrogens with zero attached hydrogens (tertiary/aromatic N) is 5. The van der Waals surface area contributed by atoms with E-state index in [0.717, 1.165) is 28.9 Å². The number of benzene rings is 2. The summed E-state index contributed by atoms with van der Waals surface area (Å²) in [5.41, 5.74) is -3.34. The number of hydrogen-bond acceptors (Lipinski definition) is 5. The first-order valence-electron chi connectivity index (χ1n) is 8.92. The van der Waals surface area contributed by atoms with Crippen LogP contribution in [0.5, 0.6) is 0 Å². The summed E-state index contributed by atoms with van der Waals surface area (Å²) in [5, 5.41) is 10.7. The summed E-state index contributed by atoms with van der Waals surface area (Å²) < 4.78 is 80.8. The lowest BCUT2D eigenvalue weighted by Gasteiger charge is -2.15. The average Bonchev–Trinajstić information content (AvgIpc) is 3.05. The van der Waals surface area contributed by atoms with E-state index < -0.39 is 41.3 Å². The maximum atomic E-state index is 13.5. The van der Waals surface area contributed by atoms with Crippen LogP contribution in [0.1, 0.15) is 29.2 Å². The number of alkyl halides is 6. The van der Waals surface area contributed by atoms with Gasteiger partial charge in [0.2, 0.25) is 0 Å². The van der Waals surface area contributed by atoms with Crippen molar-refractivity contribution in [3.8, 4) is 5.69 Å². The van der Waals surface area contributed by atoms with Crippen molar-refractivity contribution < 1.29 is 31.2 Å². The molecule has 0 aliphatic carbocycles. The highest BCUT2D eigenvalue weighted by Gasteiger charge is 2.35. The molecule has 0 atom stereocenters. The Morgan fingerprint density at radius 3 is 2.31 bits per heavy atom. The number of tetrazole rings is 1. The van der Waals surface area contributed by atoms with Crippen LogP contribution in [0, 0.1) is 0 Å². The van der Waals surface area contributed by atoms with Gasteiger partial charge in [-0.1, -0.05) is 23.4 Å². The number of halogens is 6. The Morgan fingerprint density at radius 2 is 1.72 bits per heavy atom. The highest BCUT2D eigenvalue weighted by atomic mass is 19.4. The fraction of sp³-hybridized carbons (Fsp3) is 0.263. The third-order valence-electron chi connectivity index (χ3n) is 4.42. The fourth-order valence-corrected chi connectivity index (χ4v) is 2.82. The zero-order valence-electron chi connectivity index (χ0n) is 16.6. The topological polar surface area (TPSA) is 74.3 Å². The summed E-state index contributed by atoms with van der Waals surface area (Å²) >= 11 is 0. The van der Waals surface area contributed by atoms with Crippen molar-refractivity contribution in [2.45, 2.75) is 25.9 Å². The van der Waals surface area contributed by atoms with Crippen molar-refractivity contribution >= 4 is 5.71 Å². The smallest absolute Gasteiger partial charge is 0.391 e. The van der Waals surface area contributed by atoms with Gasteiger partial charge < -0.3 is 4.84 Å². The minimum Gasteiger partial charge on any atom is -0.391 e. The number of rotatable bonds is 5. The minimum absolute atomic E-state index is 0.0128. The standard InChI is InChI=1S/C19H15F6N5O2/c1-11(12-5-3-6-13(9-12)18(20,21)22)26-32-10-14-15(19(23,24)25)7-4-8-16(14)30-17(31)29(2)27-28-30/h3-9H,10H2,1-2H3. The quantitative estimate of drug-likeness (QED) is 0.329. The van der Waals surface area contributed by atoms with Gasteiger partial charge in [0.25, 0.3) is 0 Å². The highest BCUT2D eigenvalue weighted by Crippen LogP contribution is 2.34. The van der Waals surface area contributed by atoms with E-state index in [9.17, 15) is 31.1 Å². The van der Waals surface area contributed by atoms with Crippen LogP contribution < -0.4 is 5.69 Å². The Labute approximate surface area is 176 Å². The highest BCUT2D eigenvalue weighted by molar-refractivity contribution is 5.98. The van der Waals surface area contributed by atoms with Gasteiger partial charge in [0.15, 0.2) is 0 Å². The Morgan fingerprint density at radius 1 is 1.03 bits per heavy atom. The molecule has 0 aliphatic rings. The molecule has 0 saturated heterocycles. The van der Waals surface area contributed by atoms with E-state index in [1.807, 2.05) is 0 Å².